The van der Waals surface area contributed by atoms with Gasteiger partial charge in [-0.3, -0.25) is 4.79 Å². The van der Waals surface area contributed by atoms with Crippen LogP contribution in [0.2, 0.25) is 0 Å². The maximum Gasteiger partial charge on any atom is 0.328 e. The second-order valence-corrected chi connectivity index (χ2v) is 5.51. The molecular weight excluding hydrogens is 268 g/mol. The lowest BCUT2D eigenvalue weighted by molar-refractivity contribution is -0.145. The molecule has 0 aliphatic heterocycles. The fraction of sp³-hybridized carbons (Fsp3) is 0.500. The number of amides is 1. The van der Waals surface area contributed by atoms with Crippen LogP contribution in [0.5, 0.6) is 0 Å². The molecule has 116 valence electrons. The number of ether oxygens (including phenoxy) is 1. The van der Waals surface area contributed by atoms with Gasteiger partial charge in [0.15, 0.2) is 0 Å². The molecule has 21 heavy (non-hydrogen) atoms. The standard InChI is InChI=1S/C16H24N2O3/c1-11(2)9-14(16(20)21-3)18-15(19)13(17)10-12-7-5-4-6-8-12/h4-8,11,13-14H,9-10,17H2,1-3H3,(H,18,19)/t13-,14+/m0/s1. The van der Waals surface area contributed by atoms with Crippen molar-refractivity contribution >= 4 is 11.9 Å². The lowest BCUT2D eigenvalue weighted by Gasteiger charge is -2.20. The Hall–Kier alpha value is -1.88. The zero-order chi connectivity index (χ0) is 15.8. The molecule has 5 heteroatoms. The predicted octanol–water partition coefficient (Wildman–Crippen LogP) is 1.26. The lowest BCUT2D eigenvalue weighted by atomic mass is 10.0. The molecule has 0 saturated heterocycles. The summed E-state index contributed by atoms with van der Waals surface area (Å²) in [5.41, 5.74) is 6.89. The summed E-state index contributed by atoms with van der Waals surface area (Å²) in [6.45, 7) is 3.96. The van der Waals surface area contributed by atoms with Crippen LogP contribution in [0.15, 0.2) is 30.3 Å². The third-order valence-corrected chi connectivity index (χ3v) is 3.14. The van der Waals surface area contributed by atoms with Crippen molar-refractivity contribution in [2.45, 2.75) is 38.8 Å². The van der Waals surface area contributed by atoms with Gasteiger partial charge in [0.05, 0.1) is 13.2 Å². The van der Waals surface area contributed by atoms with E-state index in [0.29, 0.717) is 12.8 Å². The summed E-state index contributed by atoms with van der Waals surface area (Å²) in [6, 6.07) is 8.20. The number of nitrogens with one attached hydrogen (secondary N) is 1. The van der Waals surface area contributed by atoms with Crippen LogP contribution >= 0.6 is 0 Å². The topological polar surface area (TPSA) is 81.4 Å². The van der Waals surface area contributed by atoms with E-state index in [1.165, 1.54) is 7.11 Å². The molecule has 1 aromatic rings. The minimum Gasteiger partial charge on any atom is -0.467 e. The quantitative estimate of drug-likeness (QED) is 0.741. The van der Waals surface area contributed by atoms with Crippen LogP contribution in [0.1, 0.15) is 25.8 Å². The predicted molar refractivity (Wildman–Crippen MR) is 81.5 cm³/mol. The second-order valence-electron chi connectivity index (χ2n) is 5.51. The summed E-state index contributed by atoms with van der Waals surface area (Å²) in [5, 5.41) is 2.68. The highest BCUT2D eigenvalue weighted by Crippen LogP contribution is 2.07. The van der Waals surface area contributed by atoms with Crippen LogP contribution in [0.4, 0.5) is 0 Å². The molecule has 0 saturated carbocycles. The van der Waals surface area contributed by atoms with E-state index in [1.807, 2.05) is 44.2 Å². The van der Waals surface area contributed by atoms with E-state index >= 15 is 0 Å². The number of benzene rings is 1. The average molecular weight is 292 g/mol. The summed E-state index contributed by atoms with van der Waals surface area (Å²) >= 11 is 0. The summed E-state index contributed by atoms with van der Waals surface area (Å²) in [5.74, 6) is -0.515. The van der Waals surface area contributed by atoms with E-state index < -0.39 is 18.1 Å². The molecule has 0 aromatic heterocycles. The smallest absolute Gasteiger partial charge is 0.328 e. The normalized spacial score (nSPS) is 13.6. The molecule has 1 aromatic carbocycles. The minimum atomic E-state index is -0.688. The van der Waals surface area contributed by atoms with E-state index in [4.69, 9.17) is 10.5 Å². The number of hydrogen-bond donors (Lipinski definition) is 2. The van der Waals surface area contributed by atoms with Gasteiger partial charge in [0.2, 0.25) is 5.91 Å². The zero-order valence-electron chi connectivity index (χ0n) is 12.8. The largest absolute Gasteiger partial charge is 0.467 e. The molecule has 0 unspecified atom stereocenters. The molecule has 0 fully saturated rings. The van der Waals surface area contributed by atoms with Crippen molar-refractivity contribution in [3.8, 4) is 0 Å². The fourth-order valence-electron chi connectivity index (χ4n) is 2.07. The van der Waals surface area contributed by atoms with Gasteiger partial charge >= 0.3 is 5.97 Å². The van der Waals surface area contributed by atoms with Gasteiger partial charge in [0, 0.05) is 0 Å². The van der Waals surface area contributed by atoms with Gasteiger partial charge in [-0.25, -0.2) is 4.79 Å². The maximum absolute atomic E-state index is 12.1. The first-order chi connectivity index (χ1) is 9.93. The molecule has 0 heterocycles. The number of rotatable bonds is 7. The summed E-state index contributed by atoms with van der Waals surface area (Å²) < 4.78 is 4.72. The number of hydrogen-bond acceptors (Lipinski definition) is 4. The number of methoxy groups -OCH3 is 1. The van der Waals surface area contributed by atoms with Gasteiger partial charge in [0.1, 0.15) is 6.04 Å². The van der Waals surface area contributed by atoms with Gasteiger partial charge in [0.25, 0.3) is 0 Å². The highest BCUT2D eigenvalue weighted by Gasteiger charge is 2.25. The third kappa shape index (κ3) is 5.95. The fourth-order valence-corrected chi connectivity index (χ4v) is 2.07. The molecule has 3 N–H and O–H groups in total. The molecule has 0 bridgehead atoms. The van der Waals surface area contributed by atoms with Crippen LogP contribution in [0.25, 0.3) is 0 Å². The molecule has 0 radical (unpaired) electrons. The van der Waals surface area contributed by atoms with Crippen molar-refractivity contribution in [2.24, 2.45) is 11.7 Å². The first-order valence-corrected chi connectivity index (χ1v) is 7.11. The van der Waals surface area contributed by atoms with E-state index in [9.17, 15) is 9.59 Å². The molecule has 1 amide bonds. The second kappa shape index (κ2) is 8.42. The van der Waals surface area contributed by atoms with Gasteiger partial charge in [-0.2, -0.15) is 0 Å². The van der Waals surface area contributed by atoms with Gasteiger partial charge in [-0.05, 0) is 24.3 Å². The van der Waals surface area contributed by atoms with Gasteiger partial charge < -0.3 is 15.8 Å². The van der Waals surface area contributed by atoms with Crippen molar-refractivity contribution in [2.75, 3.05) is 7.11 Å². The Kier molecular flexibility index (Phi) is 6.88. The van der Waals surface area contributed by atoms with Crippen LogP contribution in [0.3, 0.4) is 0 Å². The Balaban J connectivity index is 2.61. The van der Waals surface area contributed by atoms with Crippen molar-refractivity contribution in [1.29, 1.82) is 0 Å². The minimum absolute atomic E-state index is 0.264. The van der Waals surface area contributed by atoms with E-state index in [2.05, 4.69) is 5.32 Å². The maximum atomic E-state index is 12.1. The van der Waals surface area contributed by atoms with Gasteiger partial charge in [-0.1, -0.05) is 44.2 Å². The Bertz CT molecular complexity index is 460. The number of carbonyl (C=O) groups excluding carboxylic acids is 2. The number of carbonyl (C=O) groups is 2. The van der Waals surface area contributed by atoms with E-state index in [1.54, 1.807) is 0 Å². The van der Waals surface area contributed by atoms with Crippen molar-refractivity contribution in [1.82, 2.24) is 5.32 Å². The van der Waals surface area contributed by atoms with Crippen LogP contribution < -0.4 is 11.1 Å². The Labute approximate surface area is 125 Å². The highest BCUT2D eigenvalue weighted by molar-refractivity contribution is 5.87. The first-order valence-electron chi connectivity index (χ1n) is 7.11. The van der Waals surface area contributed by atoms with Gasteiger partial charge in [-0.15, -0.1) is 0 Å². The summed E-state index contributed by atoms with van der Waals surface area (Å²) in [7, 11) is 1.31. The molecule has 1 rings (SSSR count). The lowest BCUT2D eigenvalue weighted by Crippen LogP contribution is -2.49. The van der Waals surface area contributed by atoms with Crippen molar-refractivity contribution in [3.63, 3.8) is 0 Å². The zero-order valence-corrected chi connectivity index (χ0v) is 12.8. The number of esters is 1. The molecular formula is C16H24N2O3. The average Bonchev–Trinajstić information content (AvgIpc) is 2.46. The Morgan fingerprint density at radius 3 is 2.38 bits per heavy atom. The third-order valence-electron chi connectivity index (χ3n) is 3.14. The molecule has 5 nitrogen and oxygen atoms in total. The monoisotopic (exact) mass is 292 g/mol. The molecule has 0 aliphatic carbocycles. The number of nitrogens with two attached hydrogens (primary N) is 1. The molecule has 2 atom stereocenters. The van der Waals surface area contributed by atoms with Crippen LogP contribution in [-0.4, -0.2) is 31.1 Å². The van der Waals surface area contributed by atoms with Crippen LogP contribution in [-0.2, 0) is 20.7 Å². The summed E-state index contributed by atoms with van der Waals surface area (Å²) in [6.07, 6.45) is 0.957. The van der Waals surface area contributed by atoms with Crippen molar-refractivity contribution < 1.29 is 14.3 Å². The SMILES string of the molecule is COC(=O)[C@@H](CC(C)C)NC(=O)[C@@H](N)Cc1ccccc1. The Morgan fingerprint density at radius 2 is 1.86 bits per heavy atom. The molecule has 0 spiro atoms. The van der Waals surface area contributed by atoms with Crippen molar-refractivity contribution in [3.05, 3.63) is 35.9 Å². The van der Waals surface area contributed by atoms with E-state index in [-0.39, 0.29) is 11.8 Å². The first kappa shape index (κ1) is 17.2. The Morgan fingerprint density at radius 1 is 1.24 bits per heavy atom. The van der Waals surface area contributed by atoms with E-state index in [0.717, 1.165) is 5.56 Å². The molecule has 0 aliphatic rings. The summed E-state index contributed by atoms with van der Waals surface area (Å²) in [4.78, 5) is 23.8. The van der Waals surface area contributed by atoms with Crippen LogP contribution in [0, 0.1) is 5.92 Å². The highest BCUT2D eigenvalue weighted by atomic mass is 16.5.